The molecule has 3 atom stereocenters. The molecule has 1 fully saturated rings. The molecule has 0 aromatic carbocycles. The fraction of sp³-hybridized carbons (Fsp3) is 0.909. The van der Waals surface area contributed by atoms with Gasteiger partial charge in [-0.25, -0.2) is 0 Å². The molecule has 0 radical (unpaired) electrons. The molecule has 1 heterocycles. The molecule has 1 N–H and O–H groups in total. The zero-order chi connectivity index (χ0) is 11.3. The molecular formula is C11H21NO3. The number of β-lactam (4-membered cyclic amide) rings is 1. The first-order valence-electron chi connectivity index (χ1n) is 5.76. The van der Waals surface area contributed by atoms with Crippen molar-refractivity contribution in [3.63, 3.8) is 0 Å². The lowest BCUT2D eigenvalue weighted by atomic mass is 9.96. The summed E-state index contributed by atoms with van der Waals surface area (Å²) in [6.45, 7) is 6.48. The van der Waals surface area contributed by atoms with E-state index >= 15 is 0 Å². The molecule has 0 bridgehead atoms. The summed E-state index contributed by atoms with van der Waals surface area (Å²) in [5, 5.41) is 2.86. The molecule has 1 unspecified atom stereocenters. The first-order valence-corrected chi connectivity index (χ1v) is 5.76. The van der Waals surface area contributed by atoms with Gasteiger partial charge < -0.3 is 14.8 Å². The lowest BCUT2D eigenvalue weighted by Crippen LogP contribution is -2.64. The smallest absolute Gasteiger partial charge is 0.251 e. The highest BCUT2D eigenvalue weighted by Crippen LogP contribution is 2.18. The second-order valence-electron chi connectivity index (χ2n) is 3.84. The van der Waals surface area contributed by atoms with Crippen LogP contribution in [0.5, 0.6) is 0 Å². The summed E-state index contributed by atoms with van der Waals surface area (Å²) in [5.41, 5.74) is 0. The van der Waals surface area contributed by atoms with E-state index in [1.807, 2.05) is 13.8 Å². The molecule has 1 aliphatic heterocycles. The Hall–Kier alpha value is -0.610. The predicted octanol–water partition coefficient (Wildman–Crippen LogP) is 1.44. The van der Waals surface area contributed by atoms with Gasteiger partial charge >= 0.3 is 0 Å². The Balaban J connectivity index is 2.28. The van der Waals surface area contributed by atoms with Crippen LogP contribution in [-0.2, 0) is 14.3 Å². The van der Waals surface area contributed by atoms with Crippen molar-refractivity contribution >= 4 is 5.91 Å². The third kappa shape index (κ3) is 3.47. The highest BCUT2D eigenvalue weighted by molar-refractivity contribution is 5.88. The number of carbonyl (C=O) groups is 1. The van der Waals surface area contributed by atoms with Crippen LogP contribution < -0.4 is 5.32 Å². The lowest BCUT2D eigenvalue weighted by Gasteiger charge is -2.37. The van der Waals surface area contributed by atoms with Crippen LogP contribution >= 0.6 is 0 Å². The van der Waals surface area contributed by atoms with Gasteiger partial charge in [0.15, 0.2) is 12.4 Å². The van der Waals surface area contributed by atoms with Crippen LogP contribution in [0.25, 0.3) is 0 Å². The Labute approximate surface area is 91.3 Å². The standard InChI is InChI=1S/C11H21NO3/c1-4-6-7-9-10(11(13)12-9)15-8(3)14-5-2/h8-10H,4-7H2,1-3H3,(H,12,13)/t8?,9-,10-/m1/s1. The first kappa shape index (κ1) is 12.5. The zero-order valence-corrected chi connectivity index (χ0v) is 9.79. The molecule has 88 valence electrons. The number of nitrogens with one attached hydrogen (secondary N) is 1. The van der Waals surface area contributed by atoms with Crippen LogP contribution in [0.4, 0.5) is 0 Å². The average molecular weight is 215 g/mol. The monoisotopic (exact) mass is 215 g/mol. The van der Waals surface area contributed by atoms with Crippen LogP contribution in [0.3, 0.4) is 0 Å². The van der Waals surface area contributed by atoms with Crippen molar-refractivity contribution in [3.05, 3.63) is 0 Å². The van der Waals surface area contributed by atoms with E-state index in [9.17, 15) is 4.79 Å². The van der Waals surface area contributed by atoms with Crippen molar-refractivity contribution < 1.29 is 14.3 Å². The second kappa shape index (κ2) is 6.08. The van der Waals surface area contributed by atoms with Gasteiger partial charge in [0.25, 0.3) is 5.91 Å². The largest absolute Gasteiger partial charge is 0.353 e. The van der Waals surface area contributed by atoms with E-state index in [0.717, 1.165) is 19.3 Å². The number of hydrogen-bond acceptors (Lipinski definition) is 3. The molecular weight excluding hydrogens is 194 g/mol. The molecule has 1 aliphatic rings. The molecule has 0 spiro atoms. The summed E-state index contributed by atoms with van der Waals surface area (Å²) in [5.74, 6) is -0.0114. The number of ether oxygens (including phenoxy) is 2. The van der Waals surface area contributed by atoms with Gasteiger partial charge in [-0.15, -0.1) is 0 Å². The number of hydrogen-bond donors (Lipinski definition) is 1. The summed E-state index contributed by atoms with van der Waals surface area (Å²) in [6.07, 6.45) is 2.65. The Kier molecular flexibility index (Phi) is 5.05. The number of rotatable bonds is 7. The average Bonchev–Trinajstić information content (AvgIpc) is 2.21. The topological polar surface area (TPSA) is 47.6 Å². The van der Waals surface area contributed by atoms with Crippen LogP contribution in [0.15, 0.2) is 0 Å². The van der Waals surface area contributed by atoms with E-state index in [2.05, 4.69) is 12.2 Å². The minimum absolute atomic E-state index is 0.0114. The molecule has 0 aliphatic carbocycles. The Morgan fingerprint density at radius 1 is 1.47 bits per heavy atom. The summed E-state index contributed by atoms with van der Waals surface area (Å²) in [4.78, 5) is 11.3. The summed E-state index contributed by atoms with van der Waals surface area (Å²) in [6, 6.07) is 0.181. The van der Waals surface area contributed by atoms with Gasteiger partial charge in [0.05, 0.1) is 6.04 Å². The maximum Gasteiger partial charge on any atom is 0.251 e. The highest BCUT2D eigenvalue weighted by atomic mass is 16.7. The summed E-state index contributed by atoms with van der Waals surface area (Å²) >= 11 is 0. The second-order valence-corrected chi connectivity index (χ2v) is 3.84. The van der Waals surface area contributed by atoms with E-state index in [0.29, 0.717) is 6.61 Å². The van der Waals surface area contributed by atoms with Crippen molar-refractivity contribution in [1.82, 2.24) is 5.32 Å². The van der Waals surface area contributed by atoms with Crippen molar-refractivity contribution in [3.8, 4) is 0 Å². The van der Waals surface area contributed by atoms with Gasteiger partial charge in [-0.3, -0.25) is 4.79 Å². The predicted molar refractivity (Wildman–Crippen MR) is 57.4 cm³/mol. The van der Waals surface area contributed by atoms with Gasteiger partial charge in [0.2, 0.25) is 0 Å². The molecule has 0 saturated carbocycles. The van der Waals surface area contributed by atoms with E-state index in [4.69, 9.17) is 9.47 Å². The van der Waals surface area contributed by atoms with E-state index < -0.39 is 0 Å². The number of amides is 1. The van der Waals surface area contributed by atoms with Crippen LogP contribution in [0, 0.1) is 0 Å². The fourth-order valence-corrected chi connectivity index (χ4v) is 1.71. The van der Waals surface area contributed by atoms with Gasteiger partial charge in [0.1, 0.15) is 0 Å². The molecule has 15 heavy (non-hydrogen) atoms. The first-order chi connectivity index (χ1) is 7.19. The summed E-state index contributed by atoms with van der Waals surface area (Å²) in [7, 11) is 0. The third-order valence-corrected chi connectivity index (χ3v) is 2.56. The molecule has 1 amide bonds. The van der Waals surface area contributed by atoms with Crippen LogP contribution in [-0.4, -0.2) is 30.9 Å². The molecule has 0 aromatic rings. The van der Waals surface area contributed by atoms with Crippen molar-refractivity contribution in [2.45, 2.75) is 58.5 Å². The third-order valence-electron chi connectivity index (χ3n) is 2.56. The Bertz CT molecular complexity index is 208. The van der Waals surface area contributed by atoms with Crippen LogP contribution in [0.2, 0.25) is 0 Å². The van der Waals surface area contributed by atoms with Gasteiger partial charge in [-0.05, 0) is 20.3 Å². The zero-order valence-electron chi connectivity index (χ0n) is 9.79. The van der Waals surface area contributed by atoms with Crippen molar-refractivity contribution in [2.24, 2.45) is 0 Å². The summed E-state index contributed by atoms with van der Waals surface area (Å²) < 4.78 is 10.8. The molecule has 4 heteroatoms. The van der Waals surface area contributed by atoms with Crippen LogP contribution in [0.1, 0.15) is 40.0 Å². The van der Waals surface area contributed by atoms with Gasteiger partial charge in [-0.1, -0.05) is 19.8 Å². The maximum absolute atomic E-state index is 11.3. The van der Waals surface area contributed by atoms with Crippen molar-refractivity contribution in [2.75, 3.05) is 6.61 Å². The Morgan fingerprint density at radius 2 is 2.20 bits per heavy atom. The molecule has 0 aromatic heterocycles. The molecule has 1 saturated heterocycles. The van der Waals surface area contributed by atoms with Gasteiger partial charge in [-0.2, -0.15) is 0 Å². The number of unbranched alkanes of at least 4 members (excludes halogenated alkanes) is 1. The Morgan fingerprint density at radius 3 is 2.73 bits per heavy atom. The fourth-order valence-electron chi connectivity index (χ4n) is 1.71. The number of carbonyl (C=O) groups excluding carboxylic acids is 1. The normalized spacial score (nSPS) is 27.0. The molecule has 4 nitrogen and oxygen atoms in total. The minimum atomic E-state index is -0.307. The quantitative estimate of drug-likeness (QED) is 0.516. The lowest BCUT2D eigenvalue weighted by molar-refractivity contribution is -0.191. The van der Waals surface area contributed by atoms with E-state index in [1.165, 1.54) is 0 Å². The molecule has 1 rings (SSSR count). The van der Waals surface area contributed by atoms with Gasteiger partial charge in [0, 0.05) is 6.61 Å². The highest BCUT2D eigenvalue weighted by Gasteiger charge is 2.40. The van der Waals surface area contributed by atoms with Crippen molar-refractivity contribution in [1.29, 1.82) is 0 Å². The van der Waals surface area contributed by atoms with E-state index in [1.54, 1.807) is 0 Å². The SMILES string of the molecule is CCCC[C@H]1NC(=O)[C@@H]1OC(C)OCC. The minimum Gasteiger partial charge on any atom is -0.353 e. The maximum atomic E-state index is 11.3. The van der Waals surface area contributed by atoms with E-state index in [-0.39, 0.29) is 24.3 Å².